The lowest BCUT2D eigenvalue weighted by molar-refractivity contribution is 0.0880. The van der Waals surface area contributed by atoms with Crippen molar-refractivity contribution in [2.24, 2.45) is 10.9 Å². The lowest BCUT2D eigenvalue weighted by atomic mass is 9.94. The van der Waals surface area contributed by atoms with E-state index >= 15 is 0 Å². The van der Waals surface area contributed by atoms with E-state index in [9.17, 15) is 4.39 Å². The molecule has 1 aliphatic heterocycles. The van der Waals surface area contributed by atoms with Gasteiger partial charge < -0.3 is 21.0 Å². The monoisotopic (exact) mass is 281 g/mol. The number of oxime groups is 1. The van der Waals surface area contributed by atoms with Crippen molar-refractivity contribution < 1.29 is 14.3 Å². The summed E-state index contributed by atoms with van der Waals surface area (Å²) >= 11 is 0. The summed E-state index contributed by atoms with van der Waals surface area (Å²) in [6.45, 7) is 5.14. The largest absolute Gasteiger partial charge is 0.409 e. The molecular weight excluding hydrogens is 261 g/mol. The van der Waals surface area contributed by atoms with Crippen molar-refractivity contribution in [2.45, 2.75) is 38.5 Å². The van der Waals surface area contributed by atoms with E-state index < -0.39 is 5.82 Å². The molecule has 20 heavy (non-hydrogen) atoms. The van der Waals surface area contributed by atoms with Crippen LogP contribution in [-0.4, -0.2) is 29.3 Å². The standard InChI is InChI=1S/C14H20FN3O2/c1-9-14(2,6-7-20-9)17-8-10-4-3-5-11(12(10)15)13(16)18-19/h3-5,9,17,19H,6-8H2,1-2H3,(H2,16,18). The highest BCUT2D eigenvalue weighted by atomic mass is 19.1. The number of hydrogen-bond acceptors (Lipinski definition) is 4. The van der Waals surface area contributed by atoms with Gasteiger partial charge in [0.1, 0.15) is 5.82 Å². The van der Waals surface area contributed by atoms with Gasteiger partial charge in [-0.05, 0) is 26.3 Å². The van der Waals surface area contributed by atoms with Gasteiger partial charge in [-0.3, -0.25) is 0 Å². The van der Waals surface area contributed by atoms with Gasteiger partial charge in [-0.1, -0.05) is 17.3 Å². The molecule has 0 aromatic heterocycles. The normalized spacial score (nSPS) is 26.9. The lowest BCUT2D eigenvalue weighted by Crippen LogP contribution is -2.47. The maximum atomic E-state index is 14.3. The number of rotatable bonds is 4. The van der Waals surface area contributed by atoms with Crippen LogP contribution in [0.25, 0.3) is 0 Å². The number of amidine groups is 1. The van der Waals surface area contributed by atoms with Crippen LogP contribution in [0.3, 0.4) is 0 Å². The van der Waals surface area contributed by atoms with Crippen LogP contribution >= 0.6 is 0 Å². The lowest BCUT2D eigenvalue weighted by Gasteiger charge is -2.29. The number of benzene rings is 1. The highest BCUT2D eigenvalue weighted by Crippen LogP contribution is 2.26. The zero-order valence-electron chi connectivity index (χ0n) is 11.7. The molecule has 1 aromatic rings. The summed E-state index contributed by atoms with van der Waals surface area (Å²) in [4.78, 5) is 0. The quantitative estimate of drug-likeness (QED) is 0.339. The van der Waals surface area contributed by atoms with Gasteiger partial charge in [0.15, 0.2) is 5.84 Å². The minimum absolute atomic E-state index is 0.0813. The number of ether oxygens (including phenoxy) is 1. The fourth-order valence-electron chi connectivity index (χ4n) is 2.33. The number of nitrogens with two attached hydrogens (primary N) is 1. The Bertz CT molecular complexity index is 521. The summed E-state index contributed by atoms with van der Waals surface area (Å²) in [5.41, 5.74) is 5.87. The Balaban J connectivity index is 2.14. The molecule has 0 spiro atoms. The predicted molar refractivity (Wildman–Crippen MR) is 74.2 cm³/mol. The van der Waals surface area contributed by atoms with E-state index in [0.717, 1.165) is 6.42 Å². The van der Waals surface area contributed by atoms with Crippen LogP contribution in [0.15, 0.2) is 23.4 Å². The van der Waals surface area contributed by atoms with E-state index in [1.54, 1.807) is 12.1 Å². The molecule has 110 valence electrons. The molecule has 0 bridgehead atoms. The summed E-state index contributed by atoms with van der Waals surface area (Å²) in [7, 11) is 0. The van der Waals surface area contributed by atoms with Gasteiger partial charge in [-0.2, -0.15) is 0 Å². The second-order valence-corrected chi connectivity index (χ2v) is 5.30. The van der Waals surface area contributed by atoms with Crippen molar-refractivity contribution in [3.8, 4) is 0 Å². The van der Waals surface area contributed by atoms with Crippen LogP contribution in [0.2, 0.25) is 0 Å². The van der Waals surface area contributed by atoms with Crippen molar-refractivity contribution in [2.75, 3.05) is 6.61 Å². The SMILES string of the molecule is CC1OCCC1(C)NCc1cccc(/C(N)=N/O)c1F. The summed E-state index contributed by atoms with van der Waals surface area (Å²) in [6, 6.07) is 4.85. The van der Waals surface area contributed by atoms with Crippen molar-refractivity contribution in [3.63, 3.8) is 0 Å². The molecular formula is C14H20FN3O2. The van der Waals surface area contributed by atoms with Gasteiger partial charge >= 0.3 is 0 Å². The van der Waals surface area contributed by atoms with E-state index in [0.29, 0.717) is 18.7 Å². The first-order valence-corrected chi connectivity index (χ1v) is 6.60. The summed E-state index contributed by atoms with van der Waals surface area (Å²) in [5.74, 6) is -0.696. The van der Waals surface area contributed by atoms with Gasteiger partial charge in [0.05, 0.1) is 11.7 Å². The van der Waals surface area contributed by atoms with E-state index in [1.807, 2.05) is 6.92 Å². The van der Waals surface area contributed by atoms with Crippen molar-refractivity contribution >= 4 is 5.84 Å². The van der Waals surface area contributed by atoms with Crippen LogP contribution in [0, 0.1) is 5.82 Å². The molecule has 2 unspecified atom stereocenters. The molecule has 1 heterocycles. The fraction of sp³-hybridized carbons (Fsp3) is 0.500. The molecule has 5 nitrogen and oxygen atoms in total. The Morgan fingerprint density at radius 2 is 2.40 bits per heavy atom. The summed E-state index contributed by atoms with van der Waals surface area (Å²) in [6.07, 6.45) is 0.966. The summed E-state index contributed by atoms with van der Waals surface area (Å²) in [5, 5.41) is 14.8. The number of nitrogens with zero attached hydrogens (tertiary/aromatic N) is 1. The Hall–Kier alpha value is -1.66. The van der Waals surface area contributed by atoms with Gasteiger partial charge in [-0.25, -0.2) is 4.39 Å². The van der Waals surface area contributed by atoms with Crippen LogP contribution in [0.4, 0.5) is 4.39 Å². The van der Waals surface area contributed by atoms with Gasteiger partial charge in [0, 0.05) is 24.3 Å². The number of nitrogens with one attached hydrogen (secondary N) is 1. The first-order chi connectivity index (χ1) is 9.48. The Labute approximate surface area is 117 Å². The topological polar surface area (TPSA) is 79.9 Å². The molecule has 1 fully saturated rings. The first kappa shape index (κ1) is 14.7. The second kappa shape index (κ2) is 5.76. The van der Waals surface area contributed by atoms with E-state index in [2.05, 4.69) is 17.4 Å². The average molecular weight is 281 g/mol. The van der Waals surface area contributed by atoms with Gasteiger partial charge in [-0.15, -0.1) is 0 Å². The molecule has 0 radical (unpaired) electrons. The maximum absolute atomic E-state index is 14.3. The Morgan fingerprint density at radius 1 is 1.65 bits per heavy atom. The van der Waals surface area contributed by atoms with E-state index in [4.69, 9.17) is 15.7 Å². The molecule has 2 rings (SSSR count). The van der Waals surface area contributed by atoms with Crippen LogP contribution in [0.1, 0.15) is 31.4 Å². The highest BCUT2D eigenvalue weighted by molar-refractivity contribution is 5.97. The van der Waals surface area contributed by atoms with Crippen molar-refractivity contribution in [1.29, 1.82) is 0 Å². The first-order valence-electron chi connectivity index (χ1n) is 6.60. The maximum Gasteiger partial charge on any atom is 0.173 e. The fourth-order valence-corrected chi connectivity index (χ4v) is 2.33. The molecule has 1 saturated heterocycles. The predicted octanol–water partition coefficient (Wildman–Crippen LogP) is 1.58. The third kappa shape index (κ3) is 2.76. The highest BCUT2D eigenvalue weighted by Gasteiger charge is 2.36. The molecule has 0 saturated carbocycles. The minimum atomic E-state index is -0.467. The molecule has 6 heteroatoms. The average Bonchev–Trinajstić information content (AvgIpc) is 2.77. The Kier molecular flexibility index (Phi) is 4.25. The third-order valence-corrected chi connectivity index (χ3v) is 4.03. The zero-order valence-corrected chi connectivity index (χ0v) is 11.7. The van der Waals surface area contributed by atoms with Crippen LogP contribution in [-0.2, 0) is 11.3 Å². The minimum Gasteiger partial charge on any atom is -0.409 e. The van der Waals surface area contributed by atoms with Crippen LogP contribution in [0.5, 0.6) is 0 Å². The third-order valence-electron chi connectivity index (χ3n) is 4.03. The van der Waals surface area contributed by atoms with Crippen molar-refractivity contribution in [1.82, 2.24) is 5.32 Å². The molecule has 2 atom stereocenters. The van der Waals surface area contributed by atoms with Gasteiger partial charge in [0.2, 0.25) is 0 Å². The molecule has 0 aliphatic carbocycles. The van der Waals surface area contributed by atoms with E-state index in [-0.39, 0.29) is 23.0 Å². The van der Waals surface area contributed by atoms with E-state index in [1.165, 1.54) is 6.07 Å². The number of hydrogen-bond donors (Lipinski definition) is 3. The molecule has 1 aliphatic rings. The van der Waals surface area contributed by atoms with Crippen molar-refractivity contribution in [3.05, 3.63) is 35.1 Å². The number of halogens is 1. The Morgan fingerprint density at radius 3 is 3.00 bits per heavy atom. The van der Waals surface area contributed by atoms with Crippen LogP contribution < -0.4 is 11.1 Å². The summed E-state index contributed by atoms with van der Waals surface area (Å²) < 4.78 is 19.8. The zero-order chi connectivity index (χ0) is 14.8. The second-order valence-electron chi connectivity index (χ2n) is 5.30. The molecule has 1 aromatic carbocycles. The molecule has 4 N–H and O–H groups in total. The van der Waals surface area contributed by atoms with Gasteiger partial charge in [0.25, 0.3) is 0 Å². The smallest absolute Gasteiger partial charge is 0.173 e. The molecule has 0 amide bonds.